The molecule has 15 heavy (non-hydrogen) atoms. The van der Waals surface area contributed by atoms with E-state index in [-0.39, 0.29) is 6.10 Å². The molecule has 0 aromatic carbocycles. The molecule has 2 nitrogen and oxygen atoms in total. The largest absolute Gasteiger partial charge is 0.392 e. The van der Waals surface area contributed by atoms with Crippen molar-refractivity contribution in [1.29, 1.82) is 0 Å². The number of nitrogens with one attached hydrogen (secondary N) is 1. The summed E-state index contributed by atoms with van der Waals surface area (Å²) in [7, 11) is 0. The Bertz CT molecular complexity index is 248. The molecular formula is C12H21NOS. The predicted molar refractivity (Wildman–Crippen MR) is 66.4 cm³/mol. The quantitative estimate of drug-likeness (QED) is 0.750. The Morgan fingerprint density at radius 2 is 2.33 bits per heavy atom. The van der Waals surface area contributed by atoms with Crippen molar-refractivity contribution in [2.24, 2.45) is 0 Å². The second kappa shape index (κ2) is 6.99. The Labute approximate surface area is 96.3 Å². The van der Waals surface area contributed by atoms with Crippen molar-refractivity contribution in [1.82, 2.24) is 5.32 Å². The average Bonchev–Trinajstić information content (AvgIpc) is 2.68. The minimum absolute atomic E-state index is 0.194. The molecule has 2 atom stereocenters. The molecular weight excluding hydrogens is 206 g/mol. The molecule has 2 N–H and O–H groups in total. The third kappa shape index (κ3) is 5.30. The maximum atomic E-state index is 9.56. The third-order valence-electron chi connectivity index (χ3n) is 2.41. The van der Waals surface area contributed by atoms with Crippen molar-refractivity contribution in [2.75, 3.05) is 6.54 Å². The van der Waals surface area contributed by atoms with Gasteiger partial charge in [0.25, 0.3) is 0 Å². The summed E-state index contributed by atoms with van der Waals surface area (Å²) in [6, 6.07) is 4.68. The van der Waals surface area contributed by atoms with Crippen LogP contribution in [-0.4, -0.2) is 23.8 Å². The zero-order valence-corrected chi connectivity index (χ0v) is 10.4. The lowest BCUT2D eigenvalue weighted by atomic mass is 10.1. The van der Waals surface area contributed by atoms with Gasteiger partial charge in [0.1, 0.15) is 0 Å². The molecule has 0 aliphatic heterocycles. The van der Waals surface area contributed by atoms with Gasteiger partial charge in [0.15, 0.2) is 0 Å². The minimum Gasteiger partial charge on any atom is -0.392 e. The lowest BCUT2D eigenvalue weighted by Gasteiger charge is -2.16. The molecule has 0 spiro atoms. The molecule has 0 saturated heterocycles. The standard InChI is InChI=1S/C12H21NOS/c1-3-5-11(14)9-13-10(2)8-12-6-4-7-15-12/h4,6-7,10-11,13-14H,3,5,8-9H2,1-2H3. The van der Waals surface area contributed by atoms with Gasteiger partial charge in [-0.1, -0.05) is 19.4 Å². The molecule has 0 fully saturated rings. The van der Waals surface area contributed by atoms with Crippen molar-refractivity contribution in [2.45, 2.75) is 45.3 Å². The van der Waals surface area contributed by atoms with E-state index in [1.807, 2.05) is 0 Å². The zero-order valence-electron chi connectivity index (χ0n) is 9.57. The van der Waals surface area contributed by atoms with Crippen LogP contribution in [0.3, 0.4) is 0 Å². The fourth-order valence-electron chi connectivity index (χ4n) is 1.58. The molecule has 2 unspecified atom stereocenters. The van der Waals surface area contributed by atoms with Gasteiger partial charge in [0.05, 0.1) is 6.10 Å². The van der Waals surface area contributed by atoms with Gasteiger partial charge in [-0.05, 0) is 31.2 Å². The van der Waals surface area contributed by atoms with Crippen molar-refractivity contribution in [3.63, 3.8) is 0 Å². The smallest absolute Gasteiger partial charge is 0.0664 e. The van der Waals surface area contributed by atoms with Crippen molar-refractivity contribution in [3.8, 4) is 0 Å². The zero-order chi connectivity index (χ0) is 11.1. The maximum absolute atomic E-state index is 9.56. The van der Waals surface area contributed by atoms with Gasteiger partial charge in [0.2, 0.25) is 0 Å². The van der Waals surface area contributed by atoms with E-state index < -0.39 is 0 Å². The maximum Gasteiger partial charge on any atom is 0.0664 e. The van der Waals surface area contributed by atoms with E-state index in [1.54, 1.807) is 11.3 Å². The molecule has 0 saturated carbocycles. The molecule has 0 aliphatic carbocycles. The number of rotatable bonds is 7. The molecule has 0 aliphatic rings. The molecule has 0 bridgehead atoms. The molecule has 1 aromatic rings. The highest BCUT2D eigenvalue weighted by Gasteiger charge is 2.07. The summed E-state index contributed by atoms with van der Waals surface area (Å²) < 4.78 is 0. The van der Waals surface area contributed by atoms with Crippen molar-refractivity contribution >= 4 is 11.3 Å². The molecule has 0 radical (unpaired) electrons. The summed E-state index contributed by atoms with van der Waals surface area (Å²) in [6.07, 6.45) is 2.79. The van der Waals surface area contributed by atoms with Gasteiger partial charge in [0, 0.05) is 17.5 Å². The van der Waals surface area contributed by atoms with Crippen LogP contribution < -0.4 is 5.32 Å². The number of thiophene rings is 1. The molecule has 0 amide bonds. The Morgan fingerprint density at radius 3 is 2.93 bits per heavy atom. The van der Waals surface area contributed by atoms with Gasteiger partial charge in [-0.15, -0.1) is 11.3 Å². The Balaban J connectivity index is 2.16. The minimum atomic E-state index is -0.194. The van der Waals surface area contributed by atoms with Crippen LogP contribution in [0.5, 0.6) is 0 Å². The number of hydrogen-bond donors (Lipinski definition) is 2. The summed E-state index contributed by atoms with van der Waals surface area (Å²) in [4.78, 5) is 1.40. The van der Waals surface area contributed by atoms with E-state index in [2.05, 4.69) is 36.7 Å². The van der Waals surface area contributed by atoms with E-state index in [0.717, 1.165) is 19.3 Å². The van der Waals surface area contributed by atoms with Gasteiger partial charge in [-0.2, -0.15) is 0 Å². The number of aliphatic hydroxyl groups is 1. The average molecular weight is 227 g/mol. The highest BCUT2D eigenvalue weighted by molar-refractivity contribution is 7.09. The van der Waals surface area contributed by atoms with E-state index in [0.29, 0.717) is 12.6 Å². The topological polar surface area (TPSA) is 32.3 Å². The Morgan fingerprint density at radius 1 is 1.53 bits per heavy atom. The monoisotopic (exact) mass is 227 g/mol. The van der Waals surface area contributed by atoms with Gasteiger partial charge >= 0.3 is 0 Å². The van der Waals surface area contributed by atoms with Crippen LogP contribution >= 0.6 is 11.3 Å². The fourth-order valence-corrected chi connectivity index (χ4v) is 2.41. The SMILES string of the molecule is CCCC(O)CNC(C)Cc1cccs1. The lowest BCUT2D eigenvalue weighted by molar-refractivity contribution is 0.157. The normalized spacial score (nSPS) is 15.1. The van der Waals surface area contributed by atoms with Crippen LogP contribution in [0, 0.1) is 0 Å². The van der Waals surface area contributed by atoms with Crippen molar-refractivity contribution in [3.05, 3.63) is 22.4 Å². The molecule has 3 heteroatoms. The Kier molecular flexibility index (Phi) is 5.91. The third-order valence-corrected chi connectivity index (χ3v) is 3.31. The van der Waals surface area contributed by atoms with Gasteiger partial charge in [-0.3, -0.25) is 0 Å². The van der Waals surface area contributed by atoms with Crippen LogP contribution in [0.4, 0.5) is 0 Å². The van der Waals surface area contributed by atoms with Gasteiger partial charge < -0.3 is 10.4 Å². The fraction of sp³-hybridized carbons (Fsp3) is 0.667. The first kappa shape index (κ1) is 12.7. The first-order valence-electron chi connectivity index (χ1n) is 5.66. The summed E-state index contributed by atoms with van der Waals surface area (Å²) >= 11 is 1.79. The van der Waals surface area contributed by atoms with Crippen LogP contribution in [-0.2, 0) is 6.42 Å². The second-order valence-electron chi connectivity index (χ2n) is 4.04. The van der Waals surface area contributed by atoms with E-state index in [1.165, 1.54) is 4.88 Å². The summed E-state index contributed by atoms with van der Waals surface area (Å²) in [5.74, 6) is 0. The van der Waals surface area contributed by atoms with Crippen LogP contribution in [0.2, 0.25) is 0 Å². The highest BCUT2D eigenvalue weighted by atomic mass is 32.1. The van der Waals surface area contributed by atoms with Crippen molar-refractivity contribution < 1.29 is 5.11 Å². The van der Waals surface area contributed by atoms with E-state index >= 15 is 0 Å². The van der Waals surface area contributed by atoms with Gasteiger partial charge in [-0.25, -0.2) is 0 Å². The summed E-state index contributed by atoms with van der Waals surface area (Å²) in [5, 5.41) is 15.0. The molecule has 1 aromatic heterocycles. The lowest BCUT2D eigenvalue weighted by Crippen LogP contribution is -2.34. The summed E-state index contributed by atoms with van der Waals surface area (Å²) in [5.41, 5.74) is 0. The first-order valence-corrected chi connectivity index (χ1v) is 6.54. The summed E-state index contributed by atoms with van der Waals surface area (Å²) in [6.45, 7) is 4.97. The first-order chi connectivity index (χ1) is 7.22. The van der Waals surface area contributed by atoms with E-state index in [4.69, 9.17) is 0 Å². The Hall–Kier alpha value is -0.380. The van der Waals surface area contributed by atoms with Crippen LogP contribution in [0.1, 0.15) is 31.6 Å². The number of aliphatic hydroxyl groups excluding tert-OH is 1. The number of hydrogen-bond acceptors (Lipinski definition) is 3. The molecule has 1 heterocycles. The molecule has 86 valence electrons. The highest BCUT2D eigenvalue weighted by Crippen LogP contribution is 2.10. The van der Waals surface area contributed by atoms with E-state index in [9.17, 15) is 5.11 Å². The second-order valence-corrected chi connectivity index (χ2v) is 5.07. The predicted octanol–water partition coefficient (Wildman–Crippen LogP) is 2.43. The van der Waals surface area contributed by atoms with Crippen LogP contribution in [0.25, 0.3) is 0 Å². The van der Waals surface area contributed by atoms with Crippen LogP contribution in [0.15, 0.2) is 17.5 Å². The molecule has 1 rings (SSSR count).